The SMILES string of the molecule is COC(O)Cc1c(C(N)=O)c(=O)n(Cc2ccc(S(C)(=O)=O)cc2)c2cc(Cc3ccc(F)cc3)cnc12. The number of amides is 1. The number of aromatic nitrogens is 2. The average molecular weight is 540 g/mol. The van der Waals surface area contributed by atoms with Gasteiger partial charge in [0.2, 0.25) is 0 Å². The van der Waals surface area contributed by atoms with Crippen LogP contribution in [0.3, 0.4) is 0 Å². The summed E-state index contributed by atoms with van der Waals surface area (Å²) in [6.45, 7) is -0.00551. The average Bonchev–Trinajstić information content (AvgIpc) is 2.87. The summed E-state index contributed by atoms with van der Waals surface area (Å²) in [5, 5.41) is 10.1. The van der Waals surface area contributed by atoms with E-state index < -0.39 is 27.6 Å². The molecule has 1 unspecified atom stereocenters. The van der Waals surface area contributed by atoms with Crippen molar-refractivity contribution in [3.8, 4) is 0 Å². The maximum Gasteiger partial charge on any atom is 0.264 e. The molecule has 0 fully saturated rings. The summed E-state index contributed by atoms with van der Waals surface area (Å²) in [6.07, 6.45) is 1.56. The van der Waals surface area contributed by atoms with E-state index in [4.69, 9.17) is 10.5 Å². The topological polar surface area (TPSA) is 142 Å². The van der Waals surface area contributed by atoms with Crippen molar-refractivity contribution in [3.05, 3.63) is 105 Å². The number of pyridine rings is 2. The van der Waals surface area contributed by atoms with Crippen LogP contribution in [0.25, 0.3) is 11.0 Å². The molecule has 9 nitrogen and oxygen atoms in total. The molecule has 2 aromatic heterocycles. The van der Waals surface area contributed by atoms with Crippen LogP contribution >= 0.6 is 0 Å². The third-order valence-electron chi connectivity index (χ3n) is 6.17. The molecular formula is C27H26FN3O6S. The smallest absolute Gasteiger partial charge is 0.264 e. The Hall–Kier alpha value is -3.93. The number of benzene rings is 2. The van der Waals surface area contributed by atoms with Gasteiger partial charge in [-0.1, -0.05) is 24.3 Å². The van der Waals surface area contributed by atoms with E-state index in [2.05, 4.69) is 4.98 Å². The number of nitrogens with zero attached hydrogens (tertiary/aromatic N) is 2. The second-order valence-corrected chi connectivity index (χ2v) is 10.9. The van der Waals surface area contributed by atoms with E-state index in [0.29, 0.717) is 17.5 Å². The lowest BCUT2D eigenvalue weighted by Crippen LogP contribution is -2.33. The van der Waals surface area contributed by atoms with Crippen LogP contribution in [0.5, 0.6) is 0 Å². The van der Waals surface area contributed by atoms with Gasteiger partial charge in [0.05, 0.1) is 22.5 Å². The Kier molecular flexibility index (Phi) is 7.72. The highest BCUT2D eigenvalue weighted by molar-refractivity contribution is 7.90. The summed E-state index contributed by atoms with van der Waals surface area (Å²) < 4.78 is 43.3. The molecule has 2 aromatic carbocycles. The van der Waals surface area contributed by atoms with E-state index >= 15 is 0 Å². The molecule has 0 aliphatic carbocycles. The number of ether oxygens (including phenoxy) is 1. The number of hydrogen-bond donors (Lipinski definition) is 2. The van der Waals surface area contributed by atoms with Crippen molar-refractivity contribution in [3.63, 3.8) is 0 Å². The zero-order chi connectivity index (χ0) is 27.6. The minimum absolute atomic E-state index is 0.00551. The van der Waals surface area contributed by atoms with Crippen LogP contribution in [0, 0.1) is 5.82 Å². The molecule has 1 atom stereocenters. The number of hydrogen-bond acceptors (Lipinski definition) is 7. The van der Waals surface area contributed by atoms with Crippen molar-refractivity contribution in [1.82, 2.24) is 9.55 Å². The van der Waals surface area contributed by atoms with Crippen LogP contribution in [0.2, 0.25) is 0 Å². The van der Waals surface area contributed by atoms with Gasteiger partial charge in [0, 0.05) is 31.5 Å². The third-order valence-corrected chi connectivity index (χ3v) is 7.30. The largest absolute Gasteiger partial charge is 0.368 e. The standard InChI is InChI=1S/C27H26FN3O6S/c1-37-23(32)13-21-24(26(29)33)27(34)31(15-17-5-9-20(10-6-17)38(2,35)36)22-12-18(14-30-25(21)22)11-16-3-7-19(28)8-4-16/h3-10,12,14,23,32H,11,13,15H2,1-2H3,(H2,29,33). The van der Waals surface area contributed by atoms with Crippen molar-refractivity contribution in [2.75, 3.05) is 13.4 Å². The molecule has 0 aliphatic heterocycles. The van der Waals surface area contributed by atoms with Crippen molar-refractivity contribution in [2.24, 2.45) is 5.73 Å². The summed E-state index contributed by atoms with van der Waals surface area (Å²) in [5.41, 5.74) is 7.55. The summed E-state index contributed by atoms with van der Waals surface area (Å²) in [7, 11) is -2.13. The van der Waals surface area contributed by atoms with Crippen LogP contribution in [0.4, 0.5) is 4.39 Å². The first-order valence-electron chi connectivity index (χ1n) is 11.6. The number of rotatable bonds is 9. The van der Waals surface area contributed by atoms with Crippen LogP contribution in [0.1, 0.15) is 32.6 Å². The van der Waals surface area contributed by atoms with Crippen LogP contribution < -0.4 is 11.3 Å². The van der Waals surface area contributed by atoms with Crippen molar-refractivity contribution >= 4 is 26.8 Å². The third kappa shape index (κ3) is 5.80. The molecule has 0 radical (unpaired) electrons. The molecular weight excluding hydrogens is 513 g/mol. The van der Waals surface area contributed by atoms with Gasteiger partial charge in [-0.3, -0.25) is 14.6 Å². The minimum Gasteiger partial charge on any atom is -0.368 e. The number of aliphatic hydroxyl groups is 1. The second kappa shape index (κ2) is 10.8. The molecule has 1 amide bonds. The Morgan fingerprint density at radius 1 is 1.11 bits per heavy atom. The Morgan fingerprint density at radius 3 is 2.32 bits per heavy atom. The Morgan fingerprint density at radius 2 is 1.74 bits per heavy atom. The predicted octanol–water partition coefficient (Wildman–Crippen LogP) is 2.18. The first-order chi connectivity index (χ1) is 18.0. The number of aliphatic hydroxyl groups excluding tert-OH is 1. The van der Waals surface area contributed by atoms with Crippen molar-refractivity contribution in [2.45, 2.75) is 30.6 Å². The van der Waals surface area contributed by atoms with Gasteiger partial charge in [-0.2, -0.15) is 0 Å². The lowest BCUT2D eigenvalue weighted by molar-refractivity contribution is -0.0719. The summed E-state index contributed by atoms with van der Waals surface area (Å²) in [5.74, 6) is -1.34. The first-order valence-corrected chi connectivity index (χ1v) is 13.5. The number of fused-ring (bicyclic) bond motifs is 1. The van der Waals surface area contributed by atoms with Gasteiger partial charge in [0.1, 0.15) is 11.4 Å². The number of methoxy groups -OCH3 is 1. The maximum atomic E-state index is 13.6. The van der Waals surface area contributed by atoms with Gasteiger partial charge in [-0.25, -0.2) is 12.8 Å². The molecule has 0 aliphatic rings. The highest BCUT2D eigenvalue weighted by Crippen LogP contribution is 2.24. The van der Waals surface area contributed by atoms with Gasteiger partial charge in [0.25, 0.3) is 11.5 Å². The van der Waals surface area contributed by atoms with Gasteiger partial charge in [-0.05, 0) is 53.4 Å². The quantitative estimate of drug-likeness (QED) is 0.311. The second-order valence-electron chi connectivity index (χ2n) is 8.93. The Balaban J connectivity index is 1.91. The lowest BCUT2D eigenvalue weighted by Gasteiger charge is -2.18. The zero-order valence-electron chi connectivity index (χ0n) is 20.7. The fourth-order valence-corrected chi connectivity index (χ4v) is 4.88. The molecule has 4 aromatic rings. The molecule has 0 bridgehead atoms. The molecule has 3 N–H and O–H groups in total. The molecule has 0 saturated carbocycles. The minimum atomic E-state index is -3.41. The molecule has 2 heterocycles. The van der Waals surface area contributed by atoms with E-state index in [1.165, 1.54) is 35.9 Å². The highest BCUT2D eigenvalue weighted by atomic mass is 32.2. The van der Waals surface area contributed by atoms with Gasteiger partial charge >= 0.3 is 0 Å². The number of primary amides is 1. The van der Waals surface area contributed by atoms with Gasteiger partial charge in [-0.15, -0.1) is 0 Å². The van der Waals surface area contributed by atoms with E-state index in [1.807, 2.05) is 0 Å². The fraction of sp³-hybridized carbons (Fsp3) is 0.222. The Bertz CT molecular complexity index is 1670. The summed E-state index contributed by atoms with van der Waals surface area (Å²) in [6, 6.07) is 13.8. The van der Waals surface area contributed by atoms with Crippen LogP contribution in [-0.2, 0) is 34.0 Å². The van der Waals surface area contributed by atoms with Crippen molar-refractivity contribution in [1.29, 1.82) is 0 Å². The van der Waals surface area contributed by atoms with E-state index in [9.17, 15) is 27.5 Å². The Labute approximate surface area is 218 Å². The predicted molar refractivity (Wildman–Crippen MR) is 139 cm³/mol. The summed E-state index contributed by atoms with van der Waals surface area (Å²) in [4.78, 5) is 30.7. The first kappa shape index (κ1) is 27.1. The normalized spacial score (nSPS) is 12.5. The summed E-state index contributed by atoms with van der Waals surface area (Å²) >= 11 is 0. The van der Waals surface area contributed by atoms with E-state index in [0.717, 1.165) is 17.4 Å². The number of nitrogens with two attached hydrogens (primary N) is 1. The van der Waals surface area contributed by atoms with Gasteiger partial charge < -0.3 is 20.1 Å². The number of sulfone groups is 1. The molecule has 0 saturated heterocycles. The molecule has 38 heavy (non-hydrogen) atoms. The van der Waals surface area contributed by atoms with E-state index in [-0.39, 0.29) is 40.3 Å². The highest BCUT2D eigenvalue weighted by Gasteiger charge is 2.24. The molecule has 4 rings (SSSR count). The fourth-order valence-electron chi connectivity index (χ4n) is 4.25. The van der Waals surface area contributed by atoms with Gasteiger partial charge in [0.15, 0.2) is 16.1 Å². The number of halogens is 1. The monoisotopic (exact) mass is 539 g/mol. The molecule has 0 spiro atoms. The molecule has 198 valence electrons. The van der Waals surface area contributed by atoms with Crippen molar-refractivity contribution < 1.29 is 27.4 Å². The lowest BCUT2D eigenvalue weighted by atomic mass is 10.00. The zero-order valence-corrected chi connectivity index (χ0v) is 21.5. The van der Waals surface area contributed by atoms with Crippen LogP contribution in [-0.4, -0.2) is 48.6 Å². The van der Waals surface area contributed by atoms with E-state index in [1.54, 1.807) is 36.5 Å². The maximum absolute atomic E-state index is 13.6. The number of carbonyl (C=O) groups is 1. The molecule has 11 heteroatoms. The number of carbonyl (C=O) groups excluding carboxylic acids is 1. The van der Waals surface area contributed by atoms with Crippen LogP contribution in [0.15, 0.2) is 70.5 Å².